The van der Waals surface area contributed by atoms with Gasteiger partial charge in [-0.2, -0.15) is 0 Å². The minimum absolute atomic E-state index is 0.132. The second-order valence-electron chi connectivity index (χ2n) is 7.32. The summed E-state index contributed by atoms with van der Waals surface area (Å²) in [4.78, 5) is 38.6. The predicted molar refractivity (Wildman–Crippen MR) is 119 cm³/mol. The molecule has 1 aliphatic rings. The lowest BCUT2D eigenvalue weighted by molar-refractivity contribution is -0.121. The SMILES string of the molecule is C=C1c2ccccc2C(=O)N1CC(=O)NCc1cccc(NC(=O)c2ccc(F)cc2)c1. The topological polar surface area (TPSA) is 78.5 Å². The average Bonchev–Trinajstić information content (AvgIpc) is 3.03. The first-order chi connectivity index (χ1) is 15.4. The number of amides is 3. The maximum Gasteiger partial charge on any atom is 0.259 e. The zero-order chi connectivity index (χ0) is 22.7. The van der Waals surface area contributed by atoms with Gasteiger partial charge < -0.3 is 10.6 Å². The van der Waals surface area contributed by atoms with E-state index in [-0.39, 0.29) is 30.8 Å². The molecule has 1 aliphatic heterocycles. The normalized spacial score (nSPS) is 12.5. The number of hydrogen-bond acceptors (Lipinski definition) is 3. The van der Waals surface area contributed by atoms with E-state index in [4.69, 9.17) is 0 Å². The quantitative estimate of drug-likeness (QED) is 0.625. The highest BCUT2D eigenvalue weighted by Crippen LogP contribution is 2.30. The van der Waals surface area contributed by atoms with E-state index in [9.17, 15) is 18.8 Å². The van der Waals surface area contributed by atoms with E-state index in [1.165, 1.54) is 29.2 Å². The van der Waals surface area contributed by atoms with Crippen LogP contribution in [0.4, 0.5) is 10.1 Å². The van der Waals surface area contributed by atoms with E-state index < -0.39 is 5.82 Å². The number of fused-ring (bicyclic) bond motifs is 1. The molecule has 3 aromatic rings. The number of anilines is 1. The van der Waals surface area contributed by atoms with Gasteiger partial charge in [-0.1, -0.05) is 36.9 Å². The van der Waals surface area contributed by atoms with Crippen molar-refractivity contribution < 1.29 is 18.8 Å². The number of nitrogens with zero attached hydrogens (tertiary/aromatic N) is 1. The van der Waals surface area contributed by atoms with E-state index >= 15 is 0 Å². The molecule has 0 radical (unpaired) electrons. The molecule has 3 amide bonds. The Bertz CT molecular complexity index is 1190. The summed E-state index contributed by atoms with van der Waals surface area (Å²) in [5.41, 5.74) is 3.42. The number of halogens is 1. The summed E-state index contributed by atoms with van der Waals surface area (Å²) in [7, 11) is 0. The van der Waals surface area contributed by atoms with E-state index in [2.05, 4.69) is 17.2 Å². The lowest BCUT2D eigenvalue weighted by atomic mass is 10.1. The summed E-state index contributed by atoms with van der Waals surface area (Å²) in [6.07, 6.45) is 0. The molecule has 160 valence electrons. The predicted octanol–water partition coefficient (Wildman–Crippen LogP) is 3.82. The number of carbonyl (C=O) groups is 3. The largest absolute Gasteiger partial charge is 0.350 e. The third kappa shape index (κ3) is 4.41. The Labute approximate surface area is 184 Å². The Morgan fingerprint density at radius 3 is 2.38 bits per heavy atom. The molecule has 4 rings (SSSR count). The summed E-state index contributed by atoms with van der Waals surface area (Å²) in [5, 5.41) is 5.53. The highest BCUT2D eigenvalue weighted by molar-refractivity contribution is 6.10. The molecule has 0 unspecified atom stereocenters. The van der Waals surface area contributed by atoms with E-state index in [1.54, 1.807) is 36.4 Å². The van der Waals surface area contributed by atoms with Crippen molar-refractivity contribution in [1.29, 1.82) is 0 Å². The van der Waals surface area contributed by atoms with Gasteiger partial charge in [0.1, 0.15) is 12.4 Å². The second-order valence-corrected chi connectivity index (χ2v) is 7.32. The Morgan fingerprint density at radius 1 is 0.938 bits per heavy atom. The Kier molecular flexibility index (Phi) is 5.81. The molecular weight excluding hydrogens is 409 g/mol. The summed E-state index contributed by atoms with van der Waals surface area (Å²) in [5.74, 6) is -1.35. The van der Waals surface area contributed by atoms with Crippen molar-refractivity contribution in [3.05, 3.63) is 107 Å². The van der Waals surface area contributed by atoms with Gasteiger partial charge in [0.2, 0.25) is 5.91 Å². The van der Waals surface area contributed by atoms with E-state index in [1.807, 2.05) is 12.1 Å². The van der Waals surface area contributed by atoms with Gasteiger partial charge in [0.05, 0.1) is 0 Å². The highest BCUT2D eigenvalue weighted by Gasteiger charge is 2.31. The van der Waals surface area contributed by atoms with Gasteiger partial charge >= 0.3 is 0 Å². The van der Waals surface area contributed by atoms with E-state index in [0.29, 0.717) is 22.5 Å². The van der Waals surface area contributed by atoms with Gasteiger partial charge in [-0.05, 0) is 48.0 Å². The molecule has 0 aliphatic carbocycles. The summed E-state index contributed by atoms with van der Waals surface area (Å²) in [6.45, 7) is 4.02. The van der Waals surface area contributed by atoms with Crippen LogP contribution in [0.5, 0.6) is 0 Å². The standard InChI is InChI=1S/C25H20FN3O3/c1-16-21-7-2-3-8-22(21)25(32)29(16)15-23(30)27-14-17-5-4-6-20(13-17)28-24(31)18-9-11-19(26)12-10-18/h2-13H,1,14-15H2,(H,27,30)(H,28,31). The van der Waals surface area contributed by atoms with Gasteiger partial charge in [-0.15, -0.1) is 0 Å². The molecule has 6 nitrogen and oxygen atoms in total. The van der Waals surface area contributed by atoms with Gasteiger partial charge in [-0.25, -0.2) is 4.39 Å². The van der Waals surface area contributed by atoms with Gasteiger partial charge in [0, 0.05) is 34.6 Å². The zero-order valence-electron chi connectivity index (χ0n) is 17.1. The molecule has 0 saturated carbocycles. The van der Waals surface area contributed by atoms with Crippen LogP contribution in [0.2, 0.25) is 0 Å². The van der Waals surface area contributed by atoms with Crippen LogP contribution in [0, 0.1) is 5.82 Å². The fourth-order valence-electron chi connectivity index (χ4n) is 3.47. The minimum atomic E-state index is -0.414. The molecule has 32 heavy (non-hydrogen) atoms. The Morgan fingerprint density at radius 2 is 1.66 bits per heavy atom. The molecular formula is C25H20FN3O3. The Balaban J connectivity index is 1.34. The first kappa shape index (κ1) is 21.0. The fraction of sp³-hybridized carbons (Fsp3) is 0.0800. The highest BCUT2D eigenvalue weighted by atomic mass is 19.1. The zero-order valence-corrected chi connectivity index (χ0v) is 17.1. The van der Waals surface area contributed by atoms with Crippen molar-refractivity contribution in [3.63, 3.8) is 0 Å². The van der Waals surface area contributed by atoms with Crippen LogP contribution in [0.25, 0.3) is 5.70 Å². The van der Waals surface area contributed by atoms with Crippen LogP contribution in [-0.2, 0) is 11.3 Å². The van der Waals surface area contributed by atoms with Crippen molar-refractivity contribution in [1.82, 2.24) is 10.2 Å². The van der Waals surface area contributed by atoms with Gasteiger partial charge in [0.15, 0.2) is 0 Å². The maximum atomic E-state index is 13.0. The van der Waals surface area contributed by atoms with Crippen LogP contribution >= 0.6 is 0 Å². The molecule has 3 aromatic carbocycles. The number of benzene rings is 3. The van der Waals surface area contributed by atoms with Crippen LogP contribution in [0.1, 0.15) is 31.8 Å². The molecule has 0 atom stereocenters. The molecule has 1 heterocycles. The van der Waals surface area contributed by atoms with E-state index in [0.717, 1.165) is 11.1 Å². The van der Waals surface area contributed by atoms with Crippen LogP contribution in [0.15, 0.2) is 79.4 Å². The van der Waals surface area contributed by atoms with Crippen molar-refractivity contribution in [2.24, 2.45) is 0 Å². The van der Waals surface area contributed by atoms with Crippen LogP contribution in [0.3, 0.4) is 0 Å². The fourth-order valence-corrected chi connectivity index (χ4v) is 3.47. The first-order valence-electron chi connectivity index (χ1n) is 9.95. The van der Waals surface area contributed by atoms with Crippen molar-refractivity contribution in [2.45, 2.75) is 6.54 Å². The summed E-state index contributed by atoms with van der Waals surface area (Å²) in [6, 6.07) is 19.4. The lowest BCUT2D eigenvalue weighted by Gasteiger charge is -2.17. The lowest BCUT2D eigenvalue weighted by Crippen LogP contribution is -2.36. The molecule has 7 heteroatoms. The number of nitrogens with one attached hydrogen (secondary N) is 2. The van der Waals surface area contributed by atoms with Crippen molar-refractivity contribution >= 4 is 29.1 Å². The van der Waals surface area contributed by atoms with Gasteiger partial charge in [-0.3, -0.25) is 19.3 Å². The molecule has 0 fully saturated rings. The number of carbonyl (C=O) groups excluding carboxylic acids is 3. The minimum Gasteiger partial charge on any atom is -0.350 e. The smallest absolute Gasteiger partial charge is 0.259 e. The van der Waals surface area contributed by atoms with Crippen LogP contribution in [-0.4, -0.2) is 29.2 Å². The molecule has 0 bridgehead atoms. The molecule has 2 N–H and O–H groups in total. The third-order valence-corrected chi connectivity index (χ3v) is 5.12. The second kappa shape index (κ2) is 8.85. The number of rotatable bonds is 6. The molecule has 0 spiro atoms. The number of hydrogen-bond donors (Lipinski definition) is 2. The maximum absolute atomic E-state index is 13.0. The average molecular weight is 429 g/mol. The van der Waals surface area contributed by atoms with Crippen molar-refractivity contribution in [2.75, 3.05) is 11.9 Å². The molecule has 0 aromatic heterocycles. The van der Waals surface area contributed by atoms with Crippen LogP contribution < -0.4 is 10.6 Å². The summed E-state index contributed by atoms with van der Waals surface area (Å²) < 4.78 is 13.0. The molecule has 0 saturated heterocycles. The Hall–Kier alpha value is -4.26. The monoisotopic (exact) mass is 429 g/mol. The summed E-state index contributed by atoms with van der Waals surface area (Å²) >= 11 is 0. The third-order valence-electron chi connectivity index (χ3n) is 5.12. The van der Waals surface area contributed by atoms with Gasteiger partial charge in [0.25, 0.3) is 11.8 Å². The van der Waals surface area contributed by atoms with Crippen molar-refractivity contribution in [3.8, 4) is 0 Å². The first-order valence-corrected chi connectivity index (χ1v) is 9.95.